The number of rotatable bonds is 3. The van der Waals surface area contributed by atoms with Crippen LogP contribution in [0, 0.1) is 5.82 Å². The maximum atomic E-state index is 13.8. The number of phenolic OH excluding ortho intramolecular Hbond substituents is 1. The second-order valence-electron chi connectivity index (χ2n) is 9.05. The van der Waals surface area contributed by atoms with E-state index in [4.69, 9.17) is 0 Å². The van der Waals surface area contributed by atoms with Crippen LogP contribution in [-0.4, -0.2) is 22.7 Å². The van der Waals surface area contributed by atoms with Crippen LogP contribution in [0.4, 0.5) is 44.5 Å². The summed E-state index contributed by atoms with van der Waals surface area (Å²) in [5, 5.41) is 16.2. The van der Waals surface area contributed by atoms with Crippen molar-refractivity contribution in [3.63, 3.8) is 0 Å². The summed E-state index contributed by atoms with van der Waals surface area (Å²) in [7, 11) is 0. The molecule has 0 aliphatic carbocycles. The fraction of sp³-hybridized carbons (Fsp3) is 0.200. The predicted molar refractivity (Wildman–Crippen MR) is 132 cm³/mol. The number of hydrogen-bond acceptors (Lipinski definition) is 5. The summed E-state index contributed by atoms with van der Waals surface area (Å²) in [6.45, 7) is 3.51. The summed E-state index contributed by atoms with van der Waals surface area (Å²) in [4.78, 5) is 18.6. The number of para-hydroxylation sites is 2. The number of carbonyl (C=O) groups excluding carboxylic acids is 1. The van der Waals surface area contributed by atoms with Crippen LogP contribution in [-0.2, 0) is 11.6 Å². The van der Waals surface area contributed by atoms with Gasteiger partial charge in [0.05, 0.1) is 32.8 Å². The normalized spacial score (nSPS) is 14.7. The quantitative estimate of drug-likeness (QED) is 0.251. The first-order valence-corrected chi connectivity index (χ1v) is 11.7. The topological polar surface area (TPSA) is 77.5 Å². The molecule has 3 N–H and O–H groups in total. The third kappa shape index (κ3) is 4.19. The number of carbonyl (C=O) groups is 1. The fourth-order valence-corrected chi connectivity index (χ4v) is 5.44. The summed E-state index contributed by atoms with van der Waals surface area (Å²) in [6, 6.07) is 12.0. The van der Waals surface area contributed by atoms with E-state index in [9.17, 15) is 27.5 Å². The molecule has 2 amide bonds. The van der Waals surface area contributed by atoms with Gasteiger partial charge in [0.15, 0.2) is 5.13 Å². The fourth-order valence-electron chi connectivity index (χ4n) is 4.55. The number of amides is 2. The van der Waals surface area contributed by atoms with Crippen molar-refractivity contribution in [3.8, 4) is 5.75 Å². The molecule has 6 nitrogen and oxygen atoms in total. The second-order valence-corrected chi connectivity index (χ2v) is 10.1. The van der Waals surface area contributed by atoms with Gasteiger partial charge in [0.2, 0.25) is 0 Å². The summed E-state index contributed by atoms with van der Waals surface area (Å²) in [6.07, 6.45) is -4.59. The molecule has 1 aliphatic rings. The van der Waals surface area contributed by atoms with Crippen LogP contribution < -0.4 is 15.5 Å². The number of aromatic nitrogens is 1. The van der Waals surface area contributed by atoms with E-state index in [2.05, 4.69) is 15.6 Å². The Morgan fingerprint density at radius 3 is 2.61 bits per heavy atom. The minimum atomic E-state index is -4.59. The van der Waals surface area contributed by atoms with E-state index in [0.29, 0.717) is 21.6 Å². The average molecular weight is 517 g/mol. The van der Waals surface area contributed by atoms with Crippen molar-refractivity contribution in [3.05, 3.63) is 71.5 Å². The molecular weight excluding hydrogens is 496 g/mol. The molecule has 4 aromatic rings. The van der Waals surface area contributed by atoms with Crippen molar-refractivity contribution in [2.24, 2.45) is 0 Å². The standard InChI is InChI=1S/C25H20F4N4O2S/c1-24(2)12-33(21-18(34)10-8-14(20(21)24)25(27,28)29)17-6-4-3-5-15(17)30-22(35)32-23-31-16-9-7-13(26)11-19(16)36-23/h3-11,34H,12H2,1-2H3,(H2,30,31,32,35). The number of aromatic hydroxyl groups is 1. The highest BCUT2D eigenvalue weighted by molar-refractivity contribution is 7.22. The minimum absolute atomic E-state index is 0.00374. The number of halogens is 4. The summed E-state index contributed by atoms with van der Waals surface area (Å²) < 4.78 is 55.5. The molecule has 186 valence electrons. The molecule has 2 heterocycles. The molecule has 0 fully saturated rings. The van der Waals surface area contributed by atoms with E-state index in [1.54, 1.807) is 43.0 Å². The van der Waals surface area contributed by atoms with Crippen molar-refractivity contribution in [2.75, 3.05) is 22.1 Å². The Kier molecular flexibility index (Phi) is 5.55. The van der Waals surface area contributed by atoms with Crippen LogP contribution in [0.1, 0.15) is 25.0 Å². The Bertz CT molecular complexity index is 1500. The van der Waals surface area contributed by atoms with E-state index < -0.39 is 29.0 Å². The SMILES string of the molecule is CC1(C)CN(c2ccccc2NC(=O)Nc2nc3ccc(F)cc3s2)c2c(O)ccc(C(F)(F)F)c21. The predicted octanol–water partition coefficient (Wildman–Crippen LogP) is 7.23. The number of hydrogen-bond donors (Lipinski definition) is 3. The van der Waals surface area contributed by atoms with Gasteiger partial charge in [-0.25, -0.2) is 14.2 Å². The number of phenols is 1. The highest BCUT2D eigenvalue weighted by atomic mass is 32.1. The summed E-state index contributed by atoms with van der Waals surface area (Å²) in [5.41, 5.74) is -0.427. The molecule has 1 aliphatic heterocycles. The van der Waals surface area contributed by atoms with Gasteiger partial charge in [0, 0.05) is 12.0 Å². The van der Waals surface area contributed by atoms with Crippen LogP contribution in [0.3, 0.4) is 0 Å². The van der Waals surface area contributed by atoms with Gasteiger partial charge in [-0.1, -0.05) is 37.3 Å². The Balaban J connectivity index is 1.48. The van der Waals surface area contributed by atoms with Crippen molar-refractivity contribution >= 4 is 49.8 Å². The Labute approximate surface area is 207 Å². The van der Waals surface area contributed by atoms with E-state index >= 15 is 0 Å². The molecule has 0 atom stereocenters. The monoisotopic (exact) mass is 516 g/mol. The lowest BCUT2D eigenvalue weighted by Gasteiger charge is -2.25. The molecule has 0 bridgehead atoms. The molecule has 3 aromatic carbocycles. The smallest absolute Gasteiger partial charge is 0.416 e. The average Bonchev–Trinajstić information content (AvgIpc) is 3.30. The molecule has 0 saturated carbocycles. The maximum Gasteiger partial charge on any atom is 0.416 e. The second kappa shape index (κ2) is 8.37. The molecule has 0 unspecified atom stereocenters. The van der Waals surface area contributed by atoms with Gasteiger partial charge in [-0.3, -0.25) is 5.32 Å². The Hall–Kier alpha value is -3.86. The first-order chi connectivity index (χ1) is 16.9. The van der Waals surface area contributed by atoms with Gasteiger partial charge in [0.25, 0.3) is 0 Å². The van der Waals surface area contributed by atoms with Crippen molar-refractivity contribution in [2.45, 2.75) is 25.4 Å². The zero-order valence-corrected chi connectivity index (χ0v) is 19.9. The Morgan fingerprint density at radius 2 is 1.86 bits per heavy atom. The highest BCUT2D eigenvalue weighted by Gasteiger charge is 2.46. The number of alkyl halides is 3. The molecule has 0 saturated heterocycles. The van der Waals surface area contributed by atoms with E-state index in [1.807, 2.05) is 0 Å². The zero-order valence-electron chi connectivity index (χ0n) is 19.1. The number of nitrogens with zero attached hydrogens (tertiary/aromatic N) is 2. The lowest BCUT2D eigenvalue weighted by molar-refractivity contribution is -0.138. The van der Waals surface area contributed by atoms with Crippen LogP contribution in [0.2, 0.25) is 0 Å². The summed E-state index contributed by atoms with van der Waals surface area (Å²) >= 11 is 1.10. The van der Waals surface area contributed by atoms with Crippen LogP contribution in [0.15, 0.2) is 54.6 Å². The zero-order chi connectivity index (χ0) is 25.8. The van der Waals surface area contributed by atoms with E-state index in [-0.39, 0.29) is 28.7 Å². The van der Waals surface area contributed by atoms with Crippen molar-refractivity contribution in [1.29, 1.82) is 0 Å². The lowest BCUT2D eigenvalue weighted by Crippen LogP contribution is -2.27. The van der Waals surface area contributed by atoms with Gasteiger partial charge >= 0.3 is 12.2 Å². The van der Waals surface area contributed by atoms with Crippen LogP contribution >= 0.6 is 11.3 Å². The number of urea groups is 1. The third-order valence-electron chi connectivity index (χ3n) is 5.98. The van der Waals surface area contributed by atoms with Crippen molar-refractivity contribution in [1.82, 2.24) is 4.98 Å². The molecule has 1 aromatic heterocycles. The number of anilines is 4. The van der Waals surface area contributed by atoms with Crippen LogP contribution in [0.5, 0.6) is 5.75 Å². The lowest BCUT2D eigenvalue weighted by atomic mass is 9.83. The highest BCUT2D eigenvalue weighted by Crippen LogP contribution is 2.54. The molecule has 5 rings (SSSR count). The van der Waals surface area contributed by atoms with Gasteiger partial charge in [-0.2, -0.15) is 13.2 Å². The first-order valence-electron chi connectivity index (χ1n) is 10.9. The third-order valence-corrected chi connectivity index (χ3v) is 6.91. The number of fused-ring (bicyclic) bond motifs is 2. The molecular formula is C25H20F4N4O2S. The van der Waals surface area contributed by atoms with E-state index in [1.165, 1.54) is 18.2 Å². The maximum absolute atomic E-state index is 13.8. The van der Waals surface area contributed by atoms with Gasteiger partial charge < -0.3 is 15.3 Å². The Morgan fingerprint density at radius 1 is 1.11 bits per heavy atom. The first kappa shape index (κ1) is 23.9. The van der Waals surface area contributed by atoms with Gasteiger partial charge in [-0.15, -0.1) is 0 Å². The molecule has 0 radical (unpaired) electrons. The van der Waals surface area contributed by atoms with Gasteiger partial charge in [-0.05, 0) is 48.0 Å². The minimum Gasteiger partial charge on any atom is -0.506 e. The molecule has 0 spiro atoms. The van der Waals surface area contributed by atoms with Crippen LogP contribution in [0.25, 0.3) is 10.2 Å². The summed E-state index contributed by atoms with van der Waals surface area (Å²) in [5.74, 6) is -0.702. The molecule has 36 heavy (non-hydrogen) atoms. The number of benzene rings is 3. The number of nitrogens with one attached hydrogen (secondary N) is 2. The van der Waals surface area contributed by atoms with E-state index in [0.717, 1.165) is 23.5 Å². The molecule has 11 heteroatoms. The largest absolute Gasteiger partial charge is 0.506 e. The van der Waals surface area contributed by atoms with Crippen molar-refractivity contribution < 1.29 is 27.5 Å². The van der Waals surface area contributed by atoms with Gasteiger partial charge in [0.1, 0.15) is 11.6 Å². The number of thiazole rings is 1.